The van der Waals surface area contributed by atoms with E-state index in [-0.39, 0.29) is 6.54 Å². The molecule has 0 radical (unpaired) electrons. The number of nitrogens with zero attached hydrogens (tertiary/aromatic N) is 2. The Balaban J connectivity index is 1.48. The average molecular weight is 537 g/mol. The number of benzene rings is 3. The van der Waals surface area contributed by atoms with Crippen LogP contribution in [0.15, 0.2) is 77.2 Å². The van der Waals surface area contributed by atoms with Gasteiger partial charge in [-0.1, -0.05) is 24.3 Å². The fourth-order valence-electron chi connectivity index (χ4n) is 3.45. The Kier molecular flexibility index (Phi) is 7.77. The third kappa shape index (κ3) is 6.64. The first kappa shape index (κ1) is 26.1. The van der Waals surface area contributed by atoms with Crippen LogP contribution >= 0.6 is 0 Å². The maximum absolute atomic E-state index is 12.7. The zero-order chi connectivity index (χ0) is 26.5. The minimum Gasteiger partial charge on any atom is -0.497 e. The second kappa shape index (κ2) is 11.0. The smallest absolute Gasteiger partial charge is 0.497 e. The number of hydrogen-bond acceptors (Lipinski definition) is 8. The number of halogens is 3. The zero-order valence-electron chi connectivity index (χ0n) is 19.6. The van der Waals surface area contributed by atoms with Crippen molar-refractivity contribution in [3.05, 3.63) is 78.4 Å². The van der Waals surface area contributed by atoms with Crippen LogP contribution in [0.4, 0.5) is 19.2 Å². The monoisotopic (exact) mass is 536 g/mol. The lowest BCUT2D eigenvalue weighted by molar-refractivity contribution is -0.0500. The van der Waals surface area contributed by atoms with Crippen LogP contribution in [-0.4, -0.2) is 39.2 Å². The van der Waals surface area contributed by atoms with Crippen molar-refractivity contribution in [3.63, 3.8) is 0 Å². The lowest BCUT2D eigenvalue weighted by Crippen LogP contribution is -2.28. The van der Waals surface area contributed by atoms with Crippen LogP contribution in [-0.2, 0) is 16.7 Å². The molecule has 0 aliphatic heterocycles. The second-order valence-corrected chi connectivity index (χ2v) is 9.43. The standard InChI is InChI=1S/C25H23F3N2O6S/c1-33-19-10-12-20(13-11-19)34-15-5-14-30(24-29-22-8-2-3-9-23(22)35-24)17-18-6-4-7-21(16-18)36-37(31,32)25(26,27)28/h2-4,6-13,16H,5,14-15,17H2,1H3. The Morgan fingerprint density at radius 3 is 2.38 bits per heavy atom. The second-order valence-electron chi connectivity index (χ2n) is 7.89. The molecule has 0 saturated heterocycles. The third-order valence-electron chi connectivity index (χ3n) is 5.21. The van der Waals surface area contributed by atoms with E-state index in [1.807, 2.05) is 12.1 Å². The Morgan fingerprint density at radius 1 is 0.946 bits per heavy atom. The summed E-state index contributed by atoms with van der Waals surface area (Å²) in [6, 6.07) is 20.1. The van der Waals surface area contributed by atoms with E-state index in [0.29, 0.717) is 53.7 Å². The number of ether oxygens (including phenoxy) is 2. The van der Waals surface area contributed by atoms with Gasteiger partial charge >= 0.3 is 15.6 Å². The molecular formula is C25H23F3N2O6S. The Hall–Kier alpha value is -3.93. The molecule has 1 heterocycles. The summed E-state index contributed by atoms with van der Waals surface area (Å²) in [6.45, 7) is 0.962. The van der Waals surface area contributed by atoms with Gasteiger partial charge in [-0.25, -0.2) is 0 Å². The van der Waals surface area contributed by atoms with Gasteiger partial charge < -0.3 is 23.0 Å². The number of alkyl halides is 3. The summed E-state index contributed by atoms with van der Waals surface area (Å²) < 4.78 is 82.0. The predicted molar refractivity (Wildman–Crippen MR) is 130 cm³/mol. The van der Waals surface area contributed by atoms with Gasteiger partial charge in [-0.05, 0) is 60.5 Å². The van der Waals surface area contributed by atoms with Crippen LogP contribution in [0.3, 0.4) is 0 Å². The molecule has 4 aromatic rings. The van der Waals surface area contributed by atoms with Crippen molar-refractivity contribution < 1.29 is 39.7 Å². The highest BCUT2D eigenvalue weighted by Crippen LogP contribution is 2.28. The van der Waals surface area contributed by atoms with Crippen LogP contribution in [0.2, 0.25) is 0 Å². The van der Waals surface area contributed by atoms with Gasteiger partial charge in [0.05, 0.1) is 13.7 Å². The van der Waals surface area contributed by atoms with Crippen molar-refractivity contribution in [3.8, 4) is 17.2 Å². The molecule has 0 saturated carbocycles. The fourth-order valence-corrected chi connectivity index (χ4v) is 3.90. The molecule has 0 fully saturated rings. The summed E-state index contributed by atoms with van der Waals surface area (Å²) in [5, 5.41) is 0. The third-order valence-corrected chi connectivity index (χ3v) is 6.19. The highest BCUT2D eigenvalue weighted by atomic mass is 32.2. The van der Waals surface area contributed by atoms with Crippen molar-refractivity contribution in [1.82, 2.24) is 4.98 Å². The summed E-state index contributed by atoms with van der Waals surface area (Å²) in [7, 11) is -4.21. The molecule has 0 aliphatic carbocycles. The van der Waals surface area contributed by atoms with Crippen molar-refractivity contribution in [2.24, 2.45) is 0 Å². The van der Waals surface area contributed by atoms with E-state index in [4.69, 9.17) is 13.9 Å². The highest BCUT2D eigenvalue weighted by molar-refractivity contribution is 7.88. The van der Waals surface area contributed by atoms with Gasteiger partial charge in [-0.2, -0.15) is 26.6 Å². The Morgan fingerprint density at radius 2 is 1.68 bits per heavy atom. The molecule has 0 spiro atoms. The van der Waals surface area contributed by atoms with Crippen LogP contribution < -0.4 is 18.6 Å². The molecule has 8 nitrogen and oxygen atoms in total. The number of rotatable bonds is 11. The van der Waals surface area contributed by atoms with Gasteiger partial charge in [0.15, 0.2) is 5.58 Å². The fraction of sp³-hybridized carbons (Fsp3) is 0.240. The molecule has 4 rings (SSSR count). The van der Waals surface area contributed by atoms with E-state index in [1.54, 1.807) is 54.5 Å². The van der Waals surface area contributed by atoms with Gasteiger partial charge in [0.1, 0.15) is 22.8 Å². The summed E-state index contributed by atoms with van der Waals surface area (Å²) in [5.74, 6) is 0.934. The van der Waals surface area contributed by atoms with Crippen LogP contribution in [0.25, 0.3) is 11.1 Å². The molecular weight excluding hydrogens is 513 g/mol. The predicted octanol–water partition coefficient (Wildman–Crippen LogP) is 5.54. The van der Waals surface area contributed by atoms with Crippen molar-refractivity contribution in [2.75, 3.05) is 25.2 Å². The quantitative estimate of drug-likeness (QED) is 0.140. The van der Waals surface area contributed by atoms with Gasteiger partial charge in [0.25, 0.3) is 6.01 Å². The Bertz CT molecular complexity index is 1410. The molecule has 37 heavy (non-hydrogen) atoms. The lowest BCUT2D eigenvalue weighted by atomic mass is 10.2. The van der Waals surface area contributed by atoms with Gasteiger partial charge in [-0.15, -0.1) is 0 Å². The molecule has 12 heteroatoms. The molecule has 3 aromatic carbocycles. The van der Waals surface area contributed by atoms with E-state index in [9.17, 15) is 21.6 Å². The molecule has 196 valence electrons. The number of aromatic nitrogens is 1. The largest absolute Gasteiger partial charge is 0.534 e. The van der Waals surface area contributed by atoms with Gasteiger partial charge in [0.2, 0.25) is 0 Å². The highest BCUT2D eigenvalue weighted by Gasteiger charge is 2.48. The van der Waals surface area contributed by atoms with Crippen LogP contribution in [0.5, 0.6) is 17.2 Å². The summed E-state index contributed by atoms with van der Waals surface area (Å²) in [5.41, 5.74) is -3.82. The minimum atomic E-state index is -5.78. The van der Waals surface area contributed by atoms with Crippen LogP contribution in [0.1, 0.15) is 12.0 Å². The van der Waals surface area contributed by atoms with Crippen LogP contribution in [0, 0.1) is 0 Å². The Labute approximate surface area is 211 Å². The number of hydrogen-bond donors (Lipinski definition) is 0. The number of oxazole rings is 1. The normalized spacial score (nSPS) is 11.9. The molecule has 0 aliphatic rings. The van der Waals surface area contributed by atoms with E-state index >= 15 is 0 Å². The molecule has 0 bridgehead atoms. The molecule has 0 amide bonds. The number of anilines is 1. The van der Waals surface area contributed by atoms with E-state index in [1.165, 1.54) is 12.1 Å². The zero-order valence-corrected chi connectivity index (χ0v) is 20.5. The molecule has 0 unspecified atom stereocenters. The summed E-state index contributed by atoms with van der Waals surface area (Å²) in [6.07, 6.45) is 0.559. The summed E-state index contributed by atoms with van der Waals surface area (Å²) in [4.78, 5) is 6.29. The molecule has 0 atom stereocenters. The van der Waals surface area contributed by atoms with Gasteiger partial charge in [-0.3, -0.25) is 0 Å². The maximum Gasteiger partial charge on any atom is 0.534 e. The number of methoxy groups -OCH3 is 1. The van der Waals surface area contributed by atoms with Crippen molar-refractivity contribution in [1.29, 1.82) is 0 Å². The first-order valence-electron chi connectivity index (χ1n) is 11.1. The number of para-hydroxylation sites is 2. The minimum absolute atomic E-state index is 0.165. The number of fused-ring (bicyclic) bond motifs is 1. The van der Waals surface area contributed by atoms with E-state index in [0.717, 1.165) is 6.07 Å². The summed E-state index contributed by atoms with van der Waals surface area (Å²) >= 11 is 0. The SMILES string of the molecule is COc1ccc(OCCCN(Cc2cccc(OS(=O)(=O)C(F)(F)F)c2)c2nc3ccccc3o2)cc1. The lowest BCUT2D eigenvalue weighted by Gasteiger charge is -2.21. The first-order chi connectivity index (χ1) is 17.6. The van der Waals surface area contributed by atoms with E-state index in [2.05, 4.69) is 9.17 Å². The molecule has 1 aromatic heterocycles. The maximum atomic E-state index is 12.7. The van der Waals surface area contributed by atoms with Crippen molar-refractivity contribution in [2.45, 2.75) is 18.5 Å². The first-order valence-corrected chi connectivity index (χ1v) is 12.5. The van der Waals surface area contributed by atoms with Crippen molar-refractivity contribution >= 4 is 27.2 Å². The van der Waals surface area contributed by atoms with E-state index < -0.39 is 21.4 Å². The topological polar surface area (TPSA) is 91.1 Å². The molecule has 0 N–H and O–H groups in total. The van der Waals surface area contributed by atoms with Gasteiger partial charge in [0, 0.05) is 13.1 Å². The average Bonchev–Trinajstić information content (AvgIpc) is 3.30.